The molecular weight excluding hydrogens is 188 g/mol. The number of H-pyrrole nitrogens is 1. The zero-order valence-corrected chi connectivity index (χ0v) is 8.62. The van der Waals surface area contributed by atoms with Gasteiger partial charge in [0.2, 0.25) is 0 Å². The summed E-state index contributed by atoms with van der Waals surface area (Å²) in [4.78, 5) is 6.97. The number of benzene rings is 1. The maximum atomic E-state index is 5.84. The van der Waals surface area contributed by atoms with Crippen LogP contribution in [0, 0.1) is 6.92 Å². The number of nitrogen functional groups attached to an aromatic ring is 1. The molecule has 1 aromatic carbocycles. The first-order valence-corrected chi connectivity index (χ1v) is 4.83. The lowest BCUT2D eigenvalue weighted by Gasteiger charge is -2.08. The lowest BCUT2D eigenvalue weighted by Crippen LogP contribution is -2.02. The van der Waals surface area contributed by atoms with Crippen LogP contribution in [0.25, 0.3) is 0 Å². The molecule has 0 unspecified atom stereocenters. The number of aromatic amines is 1. The highest BCUT2D eigenvalue weighted by atomic mass is 14.9. The lowest BCUT2D eigenvalue weighted by molar-refractivity contribution is 1.07. The number of hydrogen-bond donors (Lipinski definition) is 3. The zero-order valence-electron chi connectivity index (χ0n) is 8.62. The van der Waals surface area contributed by atoms with E-state index in [1.807, 2.05) is 25.1 Å². The van der Waals surface area contributed by atoms with Gasteiger partial charge < -0.3 is 16.0 Å². The largest absolute Gasteiger partial charge is 0.397 e. The van der Waals surface area contributed by atoms with Crippen LogP contribution < -0.4 is 11.1 Å². The number of nitrogens with zero attached hydrogens (tertiary/aromatic N) is 1. The van der Waals surface area contributed by atoms with E-state index in [0.717, 1.165) is 17.1 Å². The van der Waals surface area contributed by atoms with Crippen molar-refractivity contribution in [3.63, 3.8) is 0 Å². The molecular formula is C11H14N4. The van der Waals surface area contributed by atoms with Gasteiger partial charge in [0.25, 0.3) is 0 Å². The molecule has 0 bridgehead atoms. The molecule has 2 rings (SSSR count). The molecule has 0 atom stereocenters. The van der Waals surface area contributed by atoms with Crippen LogP contribution in [0.4, 0.5) is 11.4 Å². The topological polar surface area (TPSA) is 66.7 Å². The van der Waals surface area contributed by atoms with Gasteiger partial charge in [-0.2, -0.15) is 0 Å². The summed E-state index contributed by atoms with van der Waals surface area (Å²) in [6, 6.07) is 5.94. The smallest absolute Gasteiger partial charge is 0.0922 e. The minimum Gasteiger partial charge on any atom is -0.397 e. The molecule has 78 valence electrons. The Balaban J connectivity index is 2.07. The van der Waals surface area contributed by atoms with Gasteiger partial charge in [-0.1, -0.05) is 6.07 Å². The van der Waals surface area contributed by atoms with Crippen molar-refractivity contribution < 1.29 is 0 Å². The van der Waals surface area contributed by atoms with E-state index in [1.165, 1.54) is 5.56 Å². The maximum absolute atomic E-state index is 5.84. The Morgan fingerprint density at radius 3 is 3.07 bits per heavy atom. The Morgan fingerprint density at radius 2 is 2.33 bits per heavy atom. The average molecular weight is 202 g/mol. The summed E-state index contributed by atoms with van der Waals surface area (Å²) < 4.78 is 0. The second-order valence-corrected chi connectivity index (χ2v) is 3.52. The monoisotopic (exact) mass is 202 g/mol. The van der Waals surface area contributed by atoms with E-state index in [-0.39, 0.29) is 0 Å². The van der Waals surface area contributed by atoms with Crippen molar-refractivity contribution in [1.29, 1.82) is 0 Å². The summed E-state index contributed by atoms with van der Waals surface area (Å²) in [5.74, 6) is 0. The number of imidazole rings is 1. The molecule has 0 saturated heterocycles. The highest BCUT2D eigenvalue weighted by molar-refractivity contribution is 5.66. The van der Waals surface area contributed by atoms with Crippen molar-refractivity contribution in [2.45, 2.75) is 13.5 Å². The van der Waals surface area contributed by atoms with Gasteiger partial charge in [-0.25, -0.2) is 4.98 Å². The Bertz CT molecular complexity index is 434. The molecule has 4 N–H and O–H groups in total. The summed E-state index contributed by atoms with van der Waals surface area (Å²) in [5.41, 5.74) is 9.80. The summed E-state index contributed by atoms with van der Waals surface area (Å²) >= 11 is 0. The summed E-state index contributed by atoms with van der Waals surface area (Å²) in [7, 11) is 0. The Labute approximate surface area is 88.5 Å². The minimum absolute atomic E-state index is 0.702. The van der Waals surface area contributed by atoms with Crippen LogP contribution >= 0.6 is 0 Å². The molecule has 0 saturated carbocycles. The van der Waals surface area contributed by atoms with E-state index in [1.54, 1.807) is 12.5 Å². The molecule has 0 fully saturated rings. The number of hydrogen-bond acceptors (Lipinski definition) is 3. The third-order valence-electron chi connectivity index (χ3n) is 2.23. The van der Waals surface area contributed by atoms with Gasteiger partial charge >= 0.3 is 0 Å². The van der Waals surface area contributed by atoms with E-state index in [4.69, 9.17) is 5.73 Å². The van der Waals surface area contributed by atoms with Gasteiger partial charge in [0, 0.05) is 6.20 Å². The first kappa shape index (κ1) is 9.58. The second kappa shape index (κ2) is 4.04. The van der Waals surface area contributed by atoms with Gasteiger partial charge in [0.05, 0.1) is 29.9 Å². The van der Waals surface area contributed by atoms with Gasteiger partial charge in [-0.05, 0) is 24.6 Å². The number of anilines is 2. The normalized spacial score (nSPS) is 10.2. The summed E-state index contributed by atoms with van der Waals surface area (Å²) in [6.07, 6.45) is 3.45. The molecule has 1 aromatic heterocycles. The predicted octanol–water partition coefficient (Wildman–Crippen LogP) is 1.91. The van der Waals surface area contributed by atoms with Crippen molar-refractivity contribution in [1.82, 2.24) is 9.97 Å². The van der Waals surface area contributed by atoms with Crippen LogP contribution in [0.2, 0.25) is 0 Å². The van der Waals surface area contributed by atoms with E-state index in [9.17, 15) is 0 Å². The molecule has 4 heteroatoms. The number of aromatic nitrogens is 2. The molecule has 0 amide bonds. The van der Waals surface area contributed by atoms with Gasteiger partial charge in [0.15, 0.2) is 0 Å². The summed E-state index contributed by atoms with van der Waals surface area (Å²) in [6.45, 7) is 2.74. The van der Waals surface area contributed by atoms with Crippen LogP contribution in [0.1, 0.15) is 11.3 Å². The van der Waals surface area contributed by atoms with E-state index in [0.29, 0.717) is 6.54 Å². The fourth-order valence-electron chi connectivity index (χ4n) is 1.40. The lowest BCUT2D eigenvalue weighted by atomic mass is 10.2. The Morgan fingerprint density at radius 1 is 1.47 bits per heavy atom. The first-order chi connectivity index (χ1) is 7.25. The molecule has 0 aliphatic carbocycles. The van der Waals surface area contributed by atoms with Crippen molar-refractivity contribution >= 4 is 11.4 Å². The maximum Gasteiger partial charge on any atom is 0.0922 e. The third-order valence-corrected chi connectivity index (χ3v) is 2.23. The SMILES string of the molecule is Cc1ccc(N)c(NCc2cnc[nH]2)c1. The molecule has 0 aliphatic rings. The predicted molar refractivity (Wildman–Crippen MR) is 61.5 cm³/mol. The van der Waals surface area contributed by atoms with Crippen molar-refractivity contribution in [2.75, 3.05) is 11.1 Å². The molecule has 0 radical (unpaired) electrons. The zero-order chi connectivity index (χ0) is 10.7. The molecule has 15 heavy (non-hydrogen) atoms. The fourth-order valence-corrected chi connectivity index (χ4v) is 1.40. The van der Waals surface area contributed by atoms with Crippen molar-refractivity contribution in [3.05, 3.63) is 42.0 Å². The van der Waals surface area contributed by atoms with Crippen LogP contribution in [0.3, 0.4) is 0 Å². The van der Waals surface area contributed by atoms with E-state index < -0.39 is 0 Å². The average Bonchev–Trinajstić information content (AvgIpc) is 2.72. The van der Waals surface area contributed by atoms with Crippen molar-refractivity contribution in [3.8, 4) is 0 Å². The van der Waals surface area contributed by atoms with Crippen LogP contribution in [-0.4, -0.2) is 9.97 Å². The standard InChI is InChI=1S/C11H14N4/c1-8-2-3-10(12)11(4-8)14-6-9-5-13-7-15-9/h2-5,7,14H,6,12H2,1H3,(H,13,15). The minimum atomic E-state index is 0.702. The number of nitrogens with one attached hydrogen (secondary N) is 2. The molecule has 1 heterocycles. The Hall–Kier alpha value is -1.97. The summed E-state index contributed by atoms with van der Waals surface area (Å²) in [5, 5.41) is 3.26. The van der Waals surface area contributed by atoms with Crippen LogP contribution in [0.15, 0.2) is 30.7 Å². The number of aryl methyl sites for hydroxylation is 1. The number of nitrogens with two attached hydrogens (primary N) is 1. The van der Waals surface area contributed by atoms with Crippen LogP contribution in [0.5, 0.6) is 0 Å². The number of rotatable bonds is 3. The first-order valence-electron chi connectivity index (χ1n) is 4.83. The van der Waals surface area contributed by atoms with E-state index >= 15 is 0 Å². The van der Waals surface area contributed by atoms with E-state index in [2.05, 4.69) is 15.3 Å². The quantitative estimate of drug-likeness (QED) is 0.666. The highest BCUT2D eigenvalue weighted by Gasteiger charge is 1.99. The molecule has 4 nitrogen and oxygen atoms in total. The third kappa shape index (κ3) is 2.28. The van der Waals surface area contributed by atoms with Crippen molar-refractivity contribution in [2.24, 2.45) is 0 Å². The second-order valence-electron chi connectivity index (χ2n) is 3.52. The highest BCUT2D eigenvalue weighted by Crippen LogP contribution is 2.19. The fraction of sp³-hybridized carbons (Fsp3) is 0.182. The van der Waals surface area contributed by atoms with Gasteiger partial charge in [-0.15, -0.1) is 0 Å². The van der Waals surface area contributed by atoms with Crippen LogP contribution in [-0.2, 0) is 6.54 Å². The Kier molecular flexibility index (Phi) is 2.58. The van der Waals surface area contributed by atoms with Gasteiger partial charge in [0.1, 0.15) is 0 Å². The molecule has 2 aromatic rings. The van der Waals surface area contributed by atoms with Gasteiger partial charge in [-0.3, -0.25) is 0 Å². The molecule has 0 spiro atoms. The molecule has 0 aliphatic heterocycles.